The first-order chi connectivity index (χ1) is 8.10. The molecule has 0 spiro atoms. The second-order valence-corrected chi connectivity index (χ2v) is 3.92. The van der Waals surface area contributed by atoms with Crippen molar-refractivity contribution in [3.8, 4) is 5.75 Å². The van der Waals surface area contributed by atoms with E-state index in [-0.39, 0.29) is 18.4 Å². The standard InChI is InChI=1S/C12H18N2O3/c1-8(7-15)6-14-12(16)11-9(13)4-3-5-10(11)17-2/h3-5,8,15H,6-7,13H2,1-2H3,(H,14,16). The van der Waals surface area contributed by atoms with E-state index in [1.54, 1.807) is 18.2 Å². The van der Waals surface area contributed by atoms with Crippen LogP contribution in [0.5, 0.6) is 5.75 Å². The van der Waals surface area contributed by atoms with Crippen LogP contribution in [0.3, 0.4) is 0 Å². The number of hydrogen-bond acceptors (Lipinski definition) is 4. The predicted molar refractivity (Wildman–Crippen MR) is 66.0 cm³/mol. The van der Waals surface area contributed by atoms with Crippen LogP contribution in [0.1, 0.15) is 17.3 Å². The topological polar surface area (TPSA) is 84.6 Å². The van der Waals surface area contributed by atoms with Crippen LogP contribution in [-0.4, -0.2) is 31.3 Å². The number of nitrogens with two attached hydrogens (primary N) is 1. The number of aliphatic hydroxyl groups excluding tert-OH is 1. The van der Waals surface area contributed by atoms with Gasteiger partial charge in [0.2, 0.25) is 0 Å². The Morgan fingerprint density at radius 2 is 2.29 bits per heavy atom. The first kappa shape index (κ1) is 13.3. The fraction of sp³-hybridized carbons (Fsp3) is 0.417. The molecule has 1 aromatic rings. The van der Waals surface area contributed by atoms with Gasteiger partial charge < -0.3 is 20.9 Å². The van der Waals surface area contributed by atoms with Gasteiger partial charge in [-0.15, -0.1) is 0 Å². The average molecular weight is 238 g/mol. The number of nitrogen functional groups attached to an aromatic ring is 1. The van der Waals surface area contributed by atoms with Gasteiger partial charge in [-0.25, -0.2) is 0 Å². The summed E-state index contributed by atoms with van der Waals surface area (Å²) in [5.74, 6) is 0.161. The Kier molecular flexibility index (Phi) is 4.78. The summed E-state index contributed by atoms with van der Waals surface area (Å²) < 4.78 is 5.09. The first-order valence-corrected chi connectivity index (χ1v) is 5.41. The van der Waals surface area contributed by atoms with Crippen molar-refractivity contribution in [3.63, 3.8) is 0 Å². The summed E-state index contributed by atoms with van der Waals surface area (Å²) in [5.41, 5.74) is 6.45. The van der Waals surface area contributed by atoms with Crippen molar-refractivity contribution in [2.24, 2.45) is 5.92 Å². The summed E-state index contributed by atoms with van der Waals surface area (Å²) in [6.45, 7) is 2.26. The lowest BCUT2D eigenvalue weighted by molar-refractivity contribution is 0.0940. The third kappa shape index (κ3) is 3.35. The normalized spacial score (nSPS) is 11.9. The monoisotopic (exact) mass is 238 g/mol. The second-order valence-electron chi connectivity index (χ2n) is 3.92. The van der Waals surface area contributed by atoms with Crippen molar-refractivity contribution < 1.29 is 14.6 Å². The maximum atomic E-state index is 11.9. The molecule has 0 aliphatic carbocycles. The number of amides is 1. The largest absolute Gasteiger partial charge is 0.496 e. The molecule has 0 saturated heterocycles. The van der Waals surface area contributed by atoms with Gasteiger partial charge in [0, 0.05) is 18.8 Å². The number of aliphatic hydroxyl groups is 1. The van der Waals surface area contributed by atoms with Crippen molar-refractivity contribution in [2.75, 3.05) is 26.0 Å². The number of methoxy groups -OCH3 is 1. The Labute approximate surface area is 101 Å². The summed E-state index contributed by atoms with van der Waals surface area (Å²) in [5, 5.41) is 11.6. The highest BCUT2D eigenvalue weighted by molar-refractivity contribution is 6.01. The van der Waals surface area contributed by atoms with E-state index in [1.807, 2.05) is 6.92 Å². The van der Waals surface area contributed by atoms with Gasteiger partial charge in [-0.1, -0.05) is 13.0 Å². The molecule has 4 N–H and O–H groups in total. The Balaban J connectivity index is 2.81. The molecule has 5 heteroatoms. The van der Waals surface area contributed by atoms with E-state index in [2.05, 4.69) is 5.32 Å². The molecule has 0 fully saturated rings. The lowest BCUT2D eigenvalue weighted by Crippen LogP contribution is -2.30. The van der Waals surface area contributed by atoms with E-state index >= 15 is 0 Å². The van der Waals surface area contributed by atoms with Crippen LogP contribution in [-0.2, 0) is 0 Å². The Morgan fingerprint density at radius 1 is 1.59 bits per heavy atom. The molecule has 1 unspecified atom stereocenters. The van der Waals surface area contributed by atoms with E-state index in [0.717, 1.165) is 0 Å². The summed E-state index contributed by atoms with van der Waals surface area (Å²) >= 11 is 0. The number of ether oxygens (including phenoxy) is 1. The van der Waals surface area contributed by atoms with Crippen molar-refractivity contribution in [1.29, 1.82) is 0 Å². The number of benzene rings is 1. The highest BCUT2D eigenvalue weighted by atomic mass is 16.5. The fourth-order valence-corrected chi connectivity index (χ4v) is 1.38. The van der Waals surface area contributed by atoms with Crippen molar-refractivity contribution >= 4 is 11.6 Å². The van der Waals surface area contributed by atoms with Gasteiger partial charge in [0.1, 0.15) is 11.3 Å². The van der Waals surface area contributed by atoms with E-state index in [9.17, 15) is 4.79 Å². The predicted octanol–water partition coefficient (Wildman–Crippen LogP) is 0.636. The van der Waals surface area contributed by atoms with Gasteiger partial charge in [-0.3, -0.25) is 4.79 Å². The summed E-state index contributed by atoms with van der Waals surface area (Å²) in [4.78, 5) is 11.9. The van der Waals surface area contributed by atoms with Crippen LogP contribution in [0.15, 0.2) is 18.2 Å². The van der Waals surface area contributed by atoms with Crippen LogP contribution in [0.4, 0.5) is 5.69 Å². The molecule has 5 nitrogen and oxygen atoms in total. The molecule has 1 rings (SSSR count). The molecule has 94 valence electrons. The number of anilines is 1. The molecular formula is C12H18N2O3. The number of carbonyl (C=O) groups is 1. The van der Waals surface area contributed by atoms with Crippen molar-refractivity contribution in [3.05, 3.63) is 23.8 Å². The molecule has 0 bridgehead atoms. The molecule has 0 saturated carbocycles. The lowest BCUT2D eigenvalue weighted by Gasteiger charge is -2.13. The van der Waals surface area contributed by atoms with Crippen LogP contribution in [0, 0.1) is 5.92 Å². The van der Waals surface area contributed by atoms with Gasteiger partial charge in [-0.05, 0) is 18.1 Å². The number of rotatable bonds is 5. The van der Waals surface area contributed by atoms with E-state index in [1.165, 1.54) is 7.11 Å². The van der Waals surface area contributed by atoms with Gasteiger partial charge in [0.05, 0.1) is 7.11 Å². The second kappa shape index (κ2) is 6.10. The highest BCUT2D eigenvalue weighted by Gasteiger charge is 2.15. The quantitative estimate of drug-likeness (QED) is 0.657. The van der Waals surface area contributed by atoms with Crippen molar-refractivity contribution in [2.45, 2.75) is 6.92 Å². The molecule has 0 heterocycles. The fourth-order valence-electron chi connectivity index (χ4n) is 1.38. The summed E-state index contributed by atoms with van der Waals surface area (Å²) in [6, 6.07) is 5.05. The summed E-state index contributed by atoms with van der Waals surface area (Å²) in [6.07, 6.45) is 0. The minimum absolute atomic E-state index is 0.00915. The number of hydrogen-bond donors (Lipinski definition) is 3. The lowest BCUT2D eigenvalue weighted by atomic mass is 10.1. The minimum atomic E-state index is -0.291. The third-order valence-electron chi connectivity index (χ3n) is 2.43. The number of carbonyl (C=O) groups excluding carboxylic acids is 1. The molecule has 1 atom stereocenters. The van der Waals surface area contributed by atoms with Gasteiger partial charge in [0.25, 0.3) is 5.91 Å². The van der Waals surface area contributed by atoms with E-state index < -0.39 is 0 Å². The maximum absolute atomic E-state index is 11.9. The first-order valence-electron chi connectivity index (χ1n) is 5.41. The molecule has 0 aliphatic rings. The van der Waals surface area contributed by atoms with Crippen LogP contribution < -0.4 is 15.8 Å². The molecule has 0 aliphatic heterocycles. The average Bonchev–Trinajstić information content (AvgIpc) is 2.34. The molecule has 17 heavy (non-hydrogen) atoms. The third-order valence-corrected chi connectivity index (χ3v) is 2.43. The van der Waals surface area contributed by atoms with Gasteiger partial charge in [0.15, 0.2) is 0 Å². The van der Waals surface area contributed by atoms with Gasteiger partial charge >= 0.3 is 0 Å². The molecule has 1 aromatic carbocycles. The van der Waals surface area contributed by atoms with Gasteiger partial charge in [-0.2, -0.15) is 0 Å². The molecular weight excluding hydrogens is 220 g/mol. The van der Waals surface area contributed by atoms with Crippen LogP contribution >= 0.6 is 0 Å². The summed E-state index contributed by atoms with van der Waals surface area (Å²) in [7, 11) is 1.49. The van der Waals surface area contributed by atoms with Crippen LogP contribution in [0.2, 0.25) is 0 Å². The minimum Gasteiger partial charge on any atom is -0.496 e. The Bertz CT molecular complexity index is 393. The van der Waals surface area contributed by atoms with E-state index in [0.29, 0.717) is 23.5 Å². The molecule has 0 radical (unpaired) electrons. The Hall–Kier alpha value is -1.75. The Morgan fingerprint density at radius 3 is 2.88 bits per heavy atom. The zero-order chi connectivity index (χ0) is 12.8. The number of nitrogens with one attached hydrogen (secondary N) is 1. The van der Waals surface area contributed by atoms with E-state index in [4.69, 9.17) is 15.6 Å². The zero-order valence-electron chi connectivity index (χ0n) is 10.1. The molecule has 1 amide bonds. The van der Waals surface area contributed by atoms with Crippen molar-refractivity contribution in [1.82, 2.24) is 5.32 Å². The smallest absolute Gasteiger partial charge is 0.257 e. The van der Waals surface area contributed by atoms with Crippen LogP contribution in [0.25, 0.3) is 0 Å². The highest BCUT2D eigenvalue weighted by Crippen LogP contribution is 2.23. The molecule has 0 aromatic heterocycles. The SMILES string of the molecule is COc1cccc(N)c1C(=O)NCC(C)CO. The zero-order valence-corrected chi connectivity index (χ0v) is 10.1. The maximum Gasteiger partial charge on any atom is 0.257 e.